The maximum Gasteiger partial charge on any atom is 0.264 e. The average molecular weight is 375 g/mol. The van der Waals surface area contributed by atoms with Crippen LogP contribution in [0.5, 0.6) is 0 Å². The number of furan rings is 1. The highest BCUT2D eigenvalue weighted by Gasteiger charge is 2.29. The topological polar surface area (TPSA) is 45.9 Å². The zero-order chi connectivity index (χ0) is 17.9. The van der Waals surface area contributed by atoms with Crippen molar-refractivity contribution < 1.29 is 13.9 Å². The summed E-state index contributed by atoms with van der Waals surface area (Å²) in [7, 11) is 0. The molecule has 0 aliphatic carbocycles. The second kappa shape index (κ2) is 7.94. The fourth-order valence-corrected chi connectivity index (χ4v) is 5.01. The van der Waals surface area contributed by atoms with Gasteiger partial charge in [-0.3, -0.25) is 9.69 Å². The van der Waals surface area contributed by atoms with Crippen molar-refractivity contribution in [3.8, 4) is 0 Å². The van der Waals surface area contributed by atoms with E-state index in [-0.39, 0.29) is 5.91 Å². The Morgan fingerprint density at radius 1 is 1.15 bits per heavy atom. The number of nitrogens with zero attached hydrogens (tertiary/aromatic N) is 2. The first-order chi connectivity index (χ1) is 12.7. The summed E-state index contributed by atoms with van der Waals surface area (Å²) in [6.07, 6.45) is 3.25. The Labute approximate surface area is 158 Å². The van der Waals surface area contributed by atoms with E-state index in [0.29, 0.717) is 19.2 Å². The maximum atomic E-state index is 12.8. The molecule has 4 rings (SSSR count). The summed E-state index contributed by atoms with van der Waals surface area (Å²) in [4.78, 5) is 19.4. The van der Waals surface area contributed by atoms with E-state index in [1.807, 2.05) is 24.0 Å². The Kier molecular flexibility index (Phi) is 5.43. The van der Waals surface area contributed by atoms with E-state index >= 15 is 0 Å². The van der Waals surface area contributed by atoms with E-state index in [4.69, 9.17) is 9.15 Å². The molecular weight excluding hydrogens is 348 g/mol. The molecule has 0 saturated carbocycles. The second-order valence-electron chi connectivity index (χ2n) is 7.10. The van der Waals surface area contributed by atoms with Crippen molar-refractivity contribution in [2.45, 2.75) is 38.8 Å². The van der Waals surface area contributed by atoms with Crippen LogP contribution in [0.3, 0.4) is 0 Å². The summed E-state index contributed by atoms with van der Waals surface area (Å²) in [6.45, 7) is 6.78. The number of amides is 1. The highest BCUT2D eigenvalue weighted by molar-refractivity contribution is 7.14. The lowest BCUT2D eigenvalue weighted by molar-refractivity contribution is 0.0746. The van der Waals surface area contributed by atoms with E-state index in [1.165, 1.54) is 11.3 Å². The van der Waals surface area contributed by atoms with Crippen LogP contribution in [0.1, 0.15) is 51.4 Å². The Hall–Kier alpha value is -1.63. The summed E-state index contributed by atoms with van der Waals surface area (Å²) < 4.78 is 11.2. The zero-order valence-corrected chi connectivity index (χ0v) is 16.1. The number of aryl methyl sites for hydroxylation is 1. The first kappa shape index (κ1) is 17.8. The van der Waals surface area contributed by atoms with Gasteiger partial charge in [0.05, 0.1) is 18.0 Å². The van der Waals surface area contributed by atoms with E-state index in [1.54, 1.807) is 11.3 Å². The van der Waals surface area contributed by atoms with Gasteiger partial charge < -0.3 is 14.1 Å². The minimum absolute atomic E-state index is 0.151. The zero-order valence-electron chi connectivity index (χ0n) is 15.3. The maximum absolute atomic E-state index is 12.8. The lowest BCUT2D eigenvalue weighted by atomic mass is 10.2. The van der Waals surface area contributed by atoms with Gasteiger partial charge in [-0.05, 0) is 57.0 Å². The standard InChI is InChI=1S/C20H26N2O3S/c1-15-5-6-16(25-15)14-22-9-2-4-17(22)18-7-8-19(26-18)20(23)21-10-3-12-24-13-11-21/h5-8,17H,2-4,9-14H2,1H3. The van der Waals surface area contributed by atoms with Gasteiger partial charge in [-0.15, -0.1) is 11.3 Å². The quantitative estimate of drug-likeness (QED) is 0.815. The first-order valence-corrected chi connectivity index (χ1v) is 10.3. The van der Waals surface area contributed by atoms with Gasteiger partial charge in [0.25, 0.3) is 5.91 Å². The third kappa shape index (κ3) is 3.87. The molecule has 2 aliphatic rings. The molecule has 5 nitrogen and oxygen atoms in total. The normalized spacial score (nSPS) is 21.9. The highest BCUT2D eigenvalue weighted by Crippen LogP contribution is 2.37. The number of thiophene rings is 1. The van der Waals surface area contributed by atoms with E-state index < -0.39 is 0 Å². The van der Waals surface area contributed by atoms with Crippen LogP contribution in [-0.2, 0) is 11.3 Å². The lowest BCUT2D eigenvalue weighted by Gasteiger charge is -2.22. The van der Waals surface area contributed by atoms with Gasteiger partial charge in [0.15, 0.2) is 0 Å². The number of carbonyl (C=O) groups excluding carboxylic acids is 1. The molecule has 1 atom stereocenters. The first-order valence-electron chi connectivity index (χ1n) is 9.47. The van der Waals surface area contributed by atoms with Crippen molar-refractivity contribution >= 4 is 17.2 Å². The van der Waals surface area contributed by atoms with Crippen LogP contribution in [0.15, 0.2) is 28.7 Å². The number of hydrogen-bond donors (Lipinski definition) is 0. The SMILES string of the molecule is Cc1ccc(CN2CCCC2c2ccc(C(=O)N3CCCOCC3)s2)o1. The third-order valence-corrected chi connectivity index (χ3v) is 6.37. The molecule has 0 aromatic carbocycles. The smallest absolute Gasteiger partial charge is 0.264 e. The predicted octanol–water partition coefficient (Wildman–Crippen LogP) is 3.85. The Balaban J connectivity index is 1.45. The fourth-order valence-electron chi connectivity index (χ4n) is 3.86. The molecule has 0 spiro atoms. The number of likely N-dealkylation sites (tertiary alicyclic amines) is 1. The minimum atomic E-state index is 0.151. The molecule has 140 valence electrons. The molecular formula is C20H26N2O3S. The predicted molar refractivity (Wildman–Crippen MR) is 101 cm³/mol. The van der Waals surface area contributed by atoms with Gasteiger partial charge in [0.1, 0.15) is 11.5 Å². The number of carbonyl (C=O) groups is 1. The summed E-state index contributed by atoms with van der Waals surface area (Å²) in [6, 6.07) is 8.62. The van der Waals surface area contributed by atoms with Gasteiger partial charge in [-0.2, -0.15) is 0 Å². The molecule has 2 aromatic heterocycles. The molecule has 2 aromatic rings. The second-order valence-corrected chi connectivity index (χ2v) is 8.22. The summed E-state index contributed by atoms with van der Waals surface area (Å²) in [5.41, 5.74) is 0. The van der Waals surface area contributed by atoms with Crippen LogP contribution >= 0.6 is 11.3 Å². The third-order valence-electron chi connectivity index (χ3n) is 5.19. The molecule has 2 aliphatic heterocycles. The highest BCUT2D eigenvalue weighted by atomic mass is 32.1. The summed E-state index contributed by atoms with van der Waals surface area (Å²) in [5.74, 6) is 2.13. The Bertz CT molecular complexity index is 746. The van der Waals surface area contributed by atoms with Crippen LogP contribution in [0, 0.1) is 6.92 Å². The van der Waals surface area contributed by atoms with Gasteiger partial charge in [0, 0.05) is 30.6 Å². The molecule has 0 radical (unpaired) electrons. The van der Waals surface area contributed by atoms with E-state index in [9.17, 15) is 4.79 Å². The van der Waals surface area contributed by atoms with Crippen molar-refractivity contribution in [3.05, 3.63) is 45.5 Å². The van der Waals surface area contributed by atoms with Crippen LogP contribution in [0.25, 0.3) is 0 Å². The van der Waals surface area contributed by atoms with Gasteiger partial charge in [-0.25, -0.2) is 0 Å². The molecule has 4 heterocycles. The van der Waals surface area contributed by atoms with Crippen LogP contribution in [-0.4, -0.2) is 48.6 Å². The van der Waals surface area contributed by atoms with Crippen LogP contribution in [0.4, 0.5) is 0 Å². The molecule has 1 amide bonds. The van der Waals surface area contributed by atoms with Crippen LogP contribution < -0.4 is 0 Å². The molecule has 0 bridgehead atoms. The fraction of sp³-hybridized carbons (Fsp3) is 0.550. The van der Waals surface area contributed by atoms with Crippen molar-refractivity contribution in [2.75, 3.05) is 32.8 Å². The van der Waals surface area contributed by atoms with Gasteiger partial charge in [-0.1, -0.05) is 0 Å². The van der Waals surface area contributed by atoms with Gasteiger partial charge >= 0.3 is 0 Å². The molecule has 2 saturated heterocycles. The number of ether oxygens (including phenoxy) is 1. The molecule has 1 unspecified atom stereocenters. The Morgan fingerprint density at radius 3 is 2.92 bits per heavy atom. The number of rotatable bonds is 4. The Morgan fingerprint density at radius 2 is 2.08 bits per heavy atom. The van der Waals surface area contributed by atoms with Crippen molar-refractivity contribution in [3.63, 3.8) is 0 Å². The summed E-state index contributed by atoms with van der Waals surface area (Å²) in [5, 5.41) is 0. The molecule has 6 heteroatoms. The van der Waals surface area contributed by atoms with Crippen molar-refractivity contribution in [2.24, 2.45) is 0 Å². The molecule has 2 fully saturated rings. The molecule has 26 heavy (non-hydrogen) atoms. The van der Waals surface area contributed by atoms with E-state index in [0.717, 1.165) is 55.5 Å². The van der Waals surface area contributed by atoms with Gasteiger partial charge in [0.2, 0.25) is 0 Å². The van der Waals surface area contributed by atoms with E-state index in [2.05, 4.69) is 17.0 Å². The molecule has 0 N–H and O–H groups in total. The van der Waals surface area contributed by atoms with Crippen molar-refractivity contribution in [1.82, 2.24) is 9.80 Å². The lowest BCUT2D eigenvalue weighted by Crippen LogP contribution is -2.32. The van der Waals surface area contributed by atoms with Crippen molar-refractivity contribution in [1.29, 1.82) is 0 Å². The monoisotopic (exact) mass is 374 g/mol. The largest absolute Gasteiger partial charge is 0.465 e. The van der Waals surface area contributed by atoms with Crippen LogP contribution in [0.2, 0.25) is 0 Å². The summed E-state index contributed by atoms with van der Waals surface area (Å²) >= 11 is 1.65. The number of hydrogen-bond acceptors (Lipinski definition) is 5. The average Bonchev–Trinajstić information content (AvgIpc) is 3.33. The minimum Gasteiger partial charge on any atom is -0.465 e.